The van der Waals surface area contributed by atoms with E-state index in [4.69, 9.17) is 4.74 Å². The third-order valence-electron chi connectivity index (χ3n) is 9.58. The van der Waals surface area contributed by atoms with Gasteiger partial charge in [0.2, 0.25) is 0 Å². The zero-order valence-corrected chi connectivity index (χ0v) is 23.5. The lowest BCUT2D eigenvalue weighted by molar-refractivity contribution is -0.156. The third kappa shape index (κ3) is 3.86. The molecule has 0 fully saturated rings. The van der Waals surface area contributed by atoms with E-state index >= 15 is 0 Å². The molecule has 2 aromatic carbocycles. The van der Waals surface area contributed by atoms with Gasteiger partial charge in [0.05, 0.1) is 5.69 Å². The van der Waals surface area contributed by atoms with Gasteiger partial charge in [-0.15, -0.1) is 0 Å². The number of aryl methyl sites for hydroxylation is 2. The number of rotatable bonds is 9. The van der Waals surface area contributed by atoms with Crippen LogP contribution in [0.25, 0.3) is 27.5 Å². The lowest BCUT2D eigenvalue weighted by Crippen LogP contribution is -2.38. The molecule has 5 aliphatic rings. The van der Waals surface area contributed by atoms with Crippen molar-refractivity contribution in [2.24, 2.45) is 7.05 Å². The van der Waals surface area contributed by atoms with Crippen molar-refractivity contribution in [1.82, 2.24) is 4.57 Å². The first-order valence-electron chi connectivity index (χ1n) is 14.9. The molecule has 5 aliphatic carbocycles. The molecule has 1 unspecified atom stereocenters. The van der Waals surface area contributed by atoms with Crippen LogP contribution in [-0.4, -0.2) is 21.2 Å². The van der Waals surface area contributed by atoms with Crippen molar-refractivity contribution < 1.29 is 14.6 Å². The summed E-state index contributed by atoms with van der Waals surface area (Å²) in [5.41, 5.74) is 10.8. The van der Waals surface area contributed by atoms with Gasteiger partial charge < -0.3 is 14.4 Å². The minimum Gasteiger partial charge on any atom is -0.479 e. The Labute approximate surface area is 239 Å². The van der Waals surface area contributed by atoms with E-state index in [1.54, 1.807) is 11.6 Å². The Morgan fingerprint density at radius 3 is 2.00 bits per heavy atom. The average molecular weight is 544 g/mol. The van der Waals surface area contributed by atoms with Gasteiger partial charge in [-0.25, -0.2) is 4.79 Å². The average Bonchev–Trinajstić information content (AvgIpc) is 3.79. The number of carbonyl (C=O) groups is 1. The molecule has 0 bridgehead atoms. The summed E-state index contributed by atoms with van der Waals surface area (Å²) in [6.45, 7) is 2.10. The first kappa shape index (κ1) is 24.8. The molecule has 0 amide bonds. The monoisotopic (exact) mass is 543 g/mol. The van der Waals surface area contributed by atoms with Crippen molar-refractivity contribution >= 4 is 22.3 Å². The standard InChI is InChI=1S/C36H33NO4/c1-20-19-29-31(28-6-4-3-5-27(20)28)30(23-11-9-22(10-12-23)21-7-8-21)32(37(2)34(29)38)33(35(39)40)41-36(24-13-14-24,25-15-16-25)26-17-18-26/h7,9-13,15,17,19,33H,3-6,8,14,16,18H2,1-2H3,(H,39,40). The minimum absolute atomic E-state index is 0.169. The van der Waals surface area contributed by atoms with Crippen LogP contribution in [0.4, 0.5) is 0 Å². The fraction of sp³-hybridized carbons (Fsp3) is 0.333. The Kier molecular flexibility index (Phi) is 5.30. The maximum Gasteiger partial charge on any atom is 0.339 e. The summed E-state index contributed by atoms with van der Waals surface area (Å²) in [6, 6.07) is 10.5. The molecule has 1 aromatic heterocycles. The predicted octanol–water partition coefficient (Wildman–Crippen LogP) is 7.05. The molecule has 3 aromatic rings. The minimum atomic E-state index is -1.32. The van der Waals surface area contributed by atoms with E-state index in [0.717, 1.165) is 90.2 Å². The van der Waals surface area contributed by atoms with Crippen LogP contribution in [0.3, 0.4) is 0 Å². The van der Waals surface area contributed by atoms with Crippen LogP contribution in [0.15, 0.2) is 76.1 Å². The highest BCUT2D eigenvalue weighted by atomic mass is 16.5. The second kappa shape index (κ2) is 8.77. The number of aromatic nitrogens is 1. The fourth-order valence-electron chi connectivity index (χ4n) is 7.19. The van der Waals surface area contributed by atoms with Crippen molar-refractivity contribution in [2.75, 3.05) is 0 Å². The van der Waals surface area contributed by atoms with Gasteiger partial charge in [-0.1, -0.05) is 48.6 Å². The highest BCUT2D eigenvalue weighted by Crippen LogP contribution is 2.57. The molecule has 1 N–H and O–H groups in total. The van der Waals surface area contributed by atoms with Crippen LogP contribution < -0.4 is 5.56 Å². The van der Waals surface area contributed by atoms with Gasteiger partial charge >= 0.3 is 5.97 Å². The van der Waals surface area contributed by atoms with Crippen LogP contribution in [0, 0.1) is 6.92 Å². The summed E-state index contributed by atoms with van der Waals surface area (Å²) in [6.07, 6.45) is 14.9. The Hall–Kier alpha value is -3.96. The number of pyridine rings is 1. The number of hydrogen-bond donors (Lipinski definition) is 1. The maximum atomic E-state index is 14.1. The van der Waals surface area contributed by atoms with Gasteiger partial charge in [0, 0.05) is 23.4 Å². The summed E-state index contributed by atoms with van der Waals surface area (Å²) in [5, 5.41) is 12.4. The number of fused-ring (bicyclic) bond motifs is 3. The van der Waals surface area contributed by atoms with E-state index in [2.05, 4.69) is 55.5 Å². The molecule has 206 valence electrons. The van der Waals surface area contributed by atoms with Gasteiger partial charge in [0.1, 0.15) is 5.60 Å². The van der Waals surface area contributed by atoms with E-state index in [1.165, 1.54) is 22.3 Å². The van der Waals surface area contributed by atoms with Crippen LogP contribution in [0.1, 0.15) is 72.6 Å². The molecule has 0 saturated heterocycles. The predicted molar refractivity (Wildman–Crippen MR) is 161 cm³/mol. The molecular weight excluding hydrogens is 510 g/mol. The zero-order chi connectivity index (χ0) is 28.0. The lowest BCUT2D eigenvalue weighted by atomic mass is 9.81. The number of allylic oxidation sites excluding steroid dienone is 5. The molecule has 1 heterocycles. The van der Waals surface area contributed by atoms with Crippen molar-refractivity contribution in [1.29, 1.82) is 0 Å². The Balaban J connectivity index is 1.42. The number of carboxylic acid groups (broad SMARTS) is 1. The van der Waals surface area contributed by atoms with Crippen molar-refractivity contribution in [3.05, 3.63) is 110 Å². The highest BCUT2D eigenvalue weighted by Gasteiger charge is 2.53. The summed E-state index contributed by atoms with van der Waals surface area (Å²) < 4.78 is 8.42. The van der Waals surface area contributed by atoms with E-state index in [0.29, 0.717) is 11.1 Å². The van der Waals surface area contributed by atoms with Gasteiger partial charge in [-0.2, -0.15) is 0 Å². The second-order valence-corrected chi connectivity index (χ2v) is 12.2. The molecule has 0 aliphatic heterocycles. The molecule has 5 heteroatoms. The number of ether oxygens (including phenoxy) is 1. The number of benzene rings is 2. The molecule has 0 radical (unpaired) electrons. The number of carboxylic acids is 1. The van der Waals surface area contributed by atoms with E-state index in [1.807, 2.05) is 6.07 Å². The molecule has 8 rings (SSSR count). The summed E-state index contributed by atoms with van der Waals surface area (Å²) in [7, 11) is 1.71. The van der Waals surface area contributed by atoms with E-state index in [9.17, 15) is 14.7 Å². The van der Waals surface area contributed by atoms with Crippen LogP contribution in [-0.2, 0) is 29.4 Å². The van der Waals surface area contributed by atoms with Crippen molar-refractivity contribution in [2.45, 2.75) is 70.0 Å². The Morgan fingerprint density at radius 2 is 1.46 bits per heavy atom. The van der Waals surface area contributed by atoms with Gasteiger partial charge in [-0.05, 0) is 114 Å². The first-order valence-corrected chi connectivity index (χ1v) is 14.9. The summed E-state index contributed by atoms with van der Waals surface area (Å²) >= 11 is 0. The summed E-state index contributed by atoms with van der Waals surface area (Å²) in [4.78, 5) is 27.4. The molecule has 41 heavy (non-hydrogen) atoms. The highest BCUT2D eigenvalue weighted by molar-refractivity contribution is 6.02. The second-order valence-electron chi connectivity index (χ2n) is 12.2. The smallest absolute Gasteiger partial charge is 0.339 e. The normalized spacial score (nSPS) is 19.1. The topological polar surface area (TPSA) is 68.5 Å². The third-order valence-corrected chi connectivity index (χ3v) is 9.58. The van der Waals surface area contributed by atoms with Crippen LogP contribution in [0.5, 0.6) is 0 Å². The molecular formula is C36H33NO4. The first-order chi connectivity index (χ1) is 19.9. The summed E-state index contributed by atoms with van der Waals surface area (Å²) in [5.74, 6) is -1.07. The van der Waals surface area contributed by atoms with Crippen LogP contribution >= 0.6 is 0 Å². The quantitative estimate of drug-likeness (QED) is 0.294. The SMILES string of the molecule is Cc1cc2c(=O)n(C)c(C(OC(C3=CC3)(C3=CC3)C3=CC3)C(=O)O)c(-c3ccc(C4=CC4)cc3)c2c2c1CCCC2. The number of hydrogen-bond acceptors (Lipinski definition) is 3. The number of aliphatic carboxylic acids is 1. The molecule has 0 saturated carbocycles. The maximum absolute atomic E-state index is 14.1. The Morgan fingerprint density at radius 1 is 0.902 bits per heavy atom. The fourth-order valence-corrected chi connectivity index (χ4v) is 7.19. The lowest BCUT2D eigenvalue weighted by Gasteiger charge is -2.34. The Bertz CT molecular complexity index is 1830. The van der Waals surface area contributed by atoms with Gasteiger partial charge in [0.25, 0.3) is 5.56 Å². The molecule has 0 spiro atoms. The van der Waals surface area contributed by atoms with E-state index < -0.39 is 17.7 Å². The van der Waals surface area contributed by atoms with Gasteiger partial charge in [-0.3, -0.25) is 4.79 Å². The zero-order valence-electron chi connectivity index (χ0n) is 23.5. The van der Waals surface area contributed by atoms with E-state index in [-0.39, 0.29) is 5.56 Å². The van der Waals surface area contributed by atoms with Crippen LogP contribution in [0.2, 0.25) is 0 Å². The molecule has 5 nitrogen and oxygen atoms in total. The van der Waals surface area contributed by atoms with Crippen molar-refractivity contribution in [3.63, 3.8) is 0 Å². The molecule has 1 atom stereocenters. The number of nitrogens with zero attached hydrogens (tertiary/aromatic N) is 1. The van der Waals surface area contributed by atoms with Crippen molar-refractivity contribution in [3.8, 4) is 11.1 Å². The van der Waals surface area contributed by atoms with Gasteiger partial charge in [0.15, 0.2) is 6.10 Å². The largest absolute Gasteiger partial charge is 0.479 e.